The summed E-state index contributed by atoms with van der Waals surface area (Å²) in [5.74, 6) is 1.61. The van der Waals surface area contributed by atoms with Crippen LogP contribution in [0.3, 0.4) is 0 Å². The second-order valence-corrected chi connectivity index (χ2v) is 6.44. The molecular weight excluding hydrogens is 266 g/mol. The van der Waals surface area contributed by atoms with Crippen LogP contribution in [0.15, 0.2) is 4.52 Å². The van der Waals surface area contributed by atoms with E-state index in [0.717, 1.165) is 56.9 Å². The summed E-state index contributed by atoms with van der Waals surface area (Å²) in [6.45, 7) is 7.03. The van der Waals surface area contributed by atoms with Crippen molar-refractivity contribution in [3.8, 4) is 0 Å². The van der Waals surface area contributed by atoms with Gasteiger partial charge in [-0.3, -0.25) is 0 Å². The first-order chi connectivity index (χ1) is 10.2. The summed E-state index contributed by atoms with van der Waals surface area (Å²) in [4.78, 5) is 4.82. The van der Waals surface area contributed by atoms with Gasteiger partial charge in [-0.1, -0.05) is 12.1 Å². The number of ether oxygens (including phenoxy) is 1. The second-order valence-electron chi connectivity index (χ2n) is 6.44. The number of hydrogen-bond donors (Lipinski definition) is 1. The van der Waals surface area contributed by atoms with Gasteiger partial charge in [-0.25, -0.2) is 0 Å². The number of nitrogens with one attached hydrogen (secondary N) is 1. The van der Waals surface area contributed by atoms with Gasteiger partial charge in [0.05, 0.1) is 5.41 Å². The highest BCUT2D eigenvalue weighted by Crippen LogP contribution is 2.42. The zero-order valence-electron chi connectivity index (χ0n) is 13.3. The molecule has 5 heteroatoms. The van der Waals surface area contributed by atoms with Gasteiger partial charge >= 0.3 is 0 Å². The lowest BCUT2D eigenvalue weighted by Gasteiger charge is -2.33. The highest BCUT2D eigenvalue weighted by molar-refractivity contribution is 5.11. The van der Waals surface area contributed by atoms with Crippen molar-refractivity contribution in [2.75, 3.05) is 19.7 Å². The van der Waals surface area contributed by atoms with E-state index in [4.69, 9.17) is 14.2 Å². The molecule has 2 heterocycles. The fraction of sp³-hybridized carbons (Fsp3) is 0.875. The molecule has 1 aromatic rings. The summed E-state index contributed by atoms with van der Waals surface area (Å²) in [5, 5.41) is 7.74. The monoisotopic (exact) mass is 293 g/mol. The first-order valence-electron chi connectivity index (χ1n) is 8.44. The van der Waals surface area contributed by atoms with Gasteiger partial charge in [0.25, 0.3) is 0 Å². The molecule has 1 aliphatic carbocycles. The van der Waals surface area contributed by atoms with Crippen LogP contribution in [0, 0.1) is 0 Å². The number of piperidine rings is 1. The lowest BCUT2D eigenvalue weighted by molar-refractivity contribution is -0.0469. The van der Waals surface area contributed by atoms with E-state index < -0.39 is 0 Å². The molecule has 0 spiro atoms. The van der Waals surface area contributed by atoms with E-state index in [2.05, 4.69) is 17.4 Å². The van der Waals surface area contributed by atoms with Crippen LogP contribution in [0.1, 0.15) is 70.5 Å². The Labute approximate surface area is 126 Å². The van der Waals surface area contributed by atoms with Crippen molar-refractivity contribution in [1.29, 1.82) is 0 Å². The molecule has 3 rings (SSSR count). The third-order valence-corrected chi connectivity index (χ3v) is 5.36. The lowest BCUT2D eigenvalue weighted by Crippen LogP contribution is -2.39. The summed E-state index contributed by atoms with van der Waals surface area (Å²) < 4.78 is 11.8. The standard InChI is InChI=1S/C16H27N3O2/c1-3-15(9-11-17-12-10-15)14-18-13(19-21-14)16(20-4-2)7-5-6-8-16/h17H,3-12H2,1-2H3. The average molecular weight is 293 g/mol. The van der Waals surface area contributed by atoms with Gasteiger partial charge in [-0.15, -0.1) is 0 Å². The van der Waals surface area contributed by atoms with Crippen LogP contribution in [0.5, 0.6) is 0 Å². The summed E-state index contributed by atoms with van der Waals surface area (Å²) in [5.41, 5.74) is -0.235. The topological polar surface area (TPSA) is 60.2 Å². The molecule has 0 unspecified atom stereocenters. The molecule has 1 N–H and O–H groups in total. The van der Waals surface area contributed by atoms with Gasteiger partial charge < -0.3 is 14.6 Å². The second kappa shape index (κ2) is 6.05. The Bertz CT molecular complexity index is 441. The minimum atomic E-state index is -0.293. The van der Waals surface area contributed by atoms with Gasteiger partial charge in [0.1, 0.15) is 5.60 Å². The smallest absolute Gasteiger partial charge is 0.233 e. The van der Waals surface area contributed by atoms with E-state index in [1.54, 1.807) is 0 Å². The van der Waals surface area contributed by atoms with E-state index in [1.165, 1.54) is 12.8 Å². The van der Waals surface area contributed by atoms with Crippen LogP contribution >= 0.6 is 0 Å². The lowest BCUT2D eigenvalue weighted by atomic mass is 9.76. The maximum Gasteiger partial charge on any atom is 0.233 e. The van der Waals surface area contributed by atoms with Crippen LogP contribution < -0.4 is 5.32 Å². The van der Waals surface area contributed by atoms with Crippen molar-refractivity contribution in [3.05, 3.63) is 11.7 Å². The molecule has 0 bridgehead atoms. The number of aromatic nitrogens is 2. The normalized spacial score (nSPS) is 24.3. The van der Waals surface area contributed by atoms with E-state index in [1.807, 2.05) is 6.92 Å². The first kappa shape index (κ1) is 15.0. The Balaban J connectivity index is 1.88. The Kier molecular flexibility index (Phi) is 4.31. The van der Waals surface area contributed by atoms with Crippen molar-refractivity contribution < 1.29 is 9.26 Å². The summed E-state index contributed by atoms with van der Waals surface area (Å²) >= 11 is 0. The highest BCUT2D eigenvalue weighted by Gasteiger charge is 2.44. The van der Waals surface area contributed by atoms with Crippen LogP contribution in [0.4, 0.5) is 0 Å². The third kappa shape index (κ3) is 2.61. The van der Waals surface area contributed by atoms with Crippen LogP contribution in [-0.2, 0) is 15.8 Å². The molecule has 21 heavy (non-hydrogen) atoms. The van der Waals surface area contributed by atoms with Crippen LogP contribution in [0.2, 0.25) is 0 Å². The molecule has 0 radical (unpaired) electrons. The van der Waals surface area contributed by atoms with Crippen molar-refractivity contribution >= 4 is 0 Å². The molecule has 118 valence electrons. The zero-order valence-corrected chi connectivity index (χ0v) is 13.3. The van der Waals surface area contributed by atoms with Gasteiger partial charge in [0.2, 0.25) is 11.7 Å². The highest BCUT2D eigenvalue weighted by atomic mass is 16.5. The maximum atomic E-state index is 6.05. The van der Waals surface area contributed by atoms with Crippen LogP contribution in [0.25, 0.3) is 0 Å². The van der Waals surface area contributed by atoms with Gasteiger partial charge in [-0.2, -0.15) is 4.98 Å². The Morgan fingerprint density at radius 2 is 1.86 bits per heavy atom. The molecule has 0 aromatic carbocycles. The molecule has 1 aromatic heterocycles. The fourth-order valence-electron chi connectivity index (χ4n) is 3.90. The molecule has 2 aliphatic rings. The molecule has 1 saturated heterocycles. The van der Waals surface area contributed by atoms with Crippen molar-refractivity contribution in [3.63, 3.8) is 0 Å². The van der Waals surface area contributed by atoms with E-state index in [9.17, 15) is 0 Å². The molecule has 1 saturated carbocycles. The van der Waals surface area contributed by atoms with Crippen molar-refractivity contribution in [2.24, 2.45) is 0 Å². The summed E-state index contributed by atoms with van der Waals surface area (Å²) in [7, 11) is 0. The first-order valence-corrected chi connectivity index (χ1v) is 8.44. The van der Waals surface area contributed by atoms with E-state index in [0.29, 0.717) is 6.61 Å². The number of hydrogen-bond acceptors (Lipinski definition) is 5. The molecule has 0 amide bonds. The molecule has 0 atom stereocenters. The molecule has 2 fully saturated rings. The minimum Gasteiger partial charge on any atom is -0.367 e. The number of rotatable bonds is 5. The predicted octanol–water partition coefficient (Wildman–Crippen LogP) is 2.91. The van der Waals surface area contributed by atoms with E-state index >= 15 is 0 Å². The Morgan fingerprint density at radius 3 is 2.48 bits per heavy atom. The minimum absolute atomic E-state index is 0.0580. The fourth-order valence-corrected chi connectivity index (χ4v) is 3.90. The van der Waals surface area contributed by atoms with Gasteiger partial charge in [-0.05, 0) is 65.0 Å². The molecular formula is C16H27N3O2. The number of nitrogens with zero attached hydrogens (tertiary/aromatic N) is 2. The van der Waals surface area contributed by atoms with Gasteiger partial charge in [0, 0.05) is 6.61 Å². The average Bonchev–Trinajstić information content (AvgIpc) is 3.18. The SMILES string of the molecule is CCOC1(c2noc(C3(CC)CCNCC3)n2)CCCC1. The predicted molar refractivity (Wildman–Crippen MR) is 80.1 cm³/mol. The zero-order chi connectivity index (χ0) is 14.8. The van der Waals surface area contributed by atoms with Crippen molar-refractivity contribution in [1.82, 2.24) is 15.5 Å². The Hall–Kier alpha value is -0.940. The third-order valence-electron chi connectivity index (χ3n) is 5.36. The van der Waals surface area contributed by atoms with E-state index in [-0.39, 0.29) is 11.0 Å². The Morgan fingerprint density at radius 1 is 1.14 bits per heavy atom. The largest absolute Gasteiger partial charge is 0.367 e. The molecule has 5 nitrogen and oxygen atoms in total. The summed E-state index contributed by atoms with van der Waals surface area (Å²) in [6.07, 6.45) is 7.61. The van der Waals surface area contributed by atoms with Crippen molar-refractivity contribution in [2.45, 2.75) is 69.8 Å². The van der Waals surface area contributed by atoms with Gasteiger partial charge in [0.15, 0.2) is 0 Å². The summed E-state index contributed by atoms with van der Waals surface area (Å²) in [6, 6.07) is 0. The molecule has 1 aliphatic heterocycles. The maximum absolute atomic E-state index is 6.05. The quantitative estimate of drug-likeness (QED) is 0.904. The van der Waals surface area contributed by atoms with Crippen LogP contribution in [-0.4, -0.2) is 29.8 Å².